The monoisotopic (exact) mass is 631 g/mol. The first-order valence-corrected chi connectivity index (χ1v) is 17.7. The van der Waals surface area contributed by atoms with E-state index in [1.165, 1.54) is 70.3 Å². The molecule has 0 bridgehead atoms. The number of amides is 1. The molecule has 0 aliphatic heterocycles. The van der Waals surface area contributed by atoms with Gasteiger partial charge in [-0.15, -0.1) is 0 Å². The Labute approximate surface area is 277 Å². The Morgan fingerprint density at radius 3 is 2.13 bits per heavy atom. The number of esters is 1. The van der Waals surface area contributed by atoms with Gasteiger partial charge < -0.3 is 10.1 Å². The van der Waals surface area contributed by atoms with E-state index in [0.717, 1.165) is 32.1 Å². The third-order valence-corrected chi connectivity index (χ3v) is 9.23. The number of ketones is 1. The molecule has 0 spiro atoms. The minimum absolute atomic E-state index is 0.146. The van der Waals surface area contributed by atoms with Gasteiger partial charge in [0.05, 0.1) is 11.3 Å². The first kappa shape index (κ1) is 37.0. The lowest BCUT2D eigenvalue weighted by atomic mass is 9.75. The number of Topliss-reactive ketones (excluding diaryl/α,β-unsaturated/α-hetero) is 1. The Morgan fingerprint density at radius 2 is 1.50 bits per heavy atom. The lowest BCUT2D eigenvalue weighted by Crippen LogP contribution is -2.36. The largest absolute Gasteiger partial charge is 0.458 e. The van der Waals surface area contributed by atoms with Crippen LogP contribution in [-0.4, -0.2) is 29.5 Å². The van der Waals surface area contributed by atoms with Gasteiger partial charge in [0.2, 0.25) is 0 Å². The molecule has 0 radical (unpaired) electrons. The Bertz CT molecular complexity index is 1270. The summed E-state index contributed by atoms with van der Waals surface area (Å²) < 4.78 is 6.04. The molecule has 1 saturated carbocycles. The molecule has 0 heterocycles. The maximum Gasteiger partial charge on any atom is 0.340 e. The molecular weight excluding hydrogens is 574 g/mol. The van der Waals surface area contributed by atoms with Crippen LogP contribution >= 0.6 is 0 Å². The zero-order valence-corrected chi connectivity index (χ0v) is 28.9. The molecule has 0 aromatic heterocycles. The molecule has 3 atom stereocenters. The Hall–Kier alpha value is -3.48. The van der Waals surface area contributed by atoms with Crippen molar-refractivity contribution in [2.24, 2.45) is 22.9 Å². The number of aryl methyl sites for hydroxylation is 1. The van der Waals surface area contributed by atoms with Crippen molar-refractivity contribution in [1.29, 1.82) is 0 Å². The molecule has 7 nitrogen and oxygen atoms in total. The molecule has 3 unspecified atom stereocenters. The average Bonchev–Trinajstić information content (AvgIpc) is 3.02. The number of rotatable bonds is 19. The Morgan fingerprint density at radius 1 is 0.870 bits per heavy atom. The van der Waals surface area contributed by atoms with Gasteiger partial charge in [0.15, 0.2) is 11.5 Å². The normalized spacial score (nSPS) is 18.3. The van der Waals surface area contributed by atoms with Gasteiger partial charge in [0.1, 0.15) is 6.10 Å². The highest BCUT2D eigenvalue weighted by Crippen LogP contribution is 2.36. The van der Waals surface area contributed by atoms with Gasteiger partial charge in [-0.1, -0.05) is 116 Å². The summed E-state index contributed by atoms with van der Waals surface area (Å²) in [6, 6.07) is 14.6. The van der Waals surface area contributed by atoms with Crippen molar-refractivity contribution < 1.29 is 19.1 Å². The topological polar surface area (TPSA) is 96.9 Å². The number of carbonyl (C=O) groups excluding carboxylic acids is 3. The fourth-order valence-electron chi connectivity index (χ4n) is 6.38. The predicted octanol–water partition coefficient (Wildman–Crippen LogP) is 9.76. The number of hydrogen-bond donors (Lipinski definition) is 2. The van der Waals surface area contributed by atoms with Crippen LogP contribution in [-0.2, 0) is 20.7 Å². The molecule has 2 aromatic rings. The van der Waals surface area contributed by atoms with Crippen LogP contribution in [0, 0.1) is 17.8 Å². The molecule has 1 amide bonds. The smallest absolute Gasteiger partial charge is 0.340 e. The zero-order chi connectivity index (χ0) is 33.3. The summed E-state index contributed by atoms with van der Waals surface area (Å²) in [6.45, 7) is 10.1. The summed E-state index contributed by atoms with van der Waals surface area (Å²) in [6.07, 6.45) is 17.0. The number of benzene rings is 2. The van der Waals surface area contributed by atoms with Crippen LogP contribution in [0.3, 0.4) is 0 Å². The zero-order valence-electron chi connectivity index (χ0n) is 28.9. The molecule has 3 rings (SSSR count). The van der Waals surface area contributed by atoms with E-state index in [0.29, 0.717) is 34.7 Å². The molecule has 1 aliphatic carbocycles. The Balaban J connectivity index is 1.52. The third kappa shape index (κ3) is 12.4. The van der Waals surface area contributed by atoms with E-state index >= 15 is 0 Å². The highest BCUT2D eigenvalue weighted by Gasteiger charge is 2.34. The van der Waals surface area contributed by atoms with Gasteiger partial charge in [-0.3, -0.25) is 15.0 Å². The number of carbonyl (C=O) groups is 3. The molecule has 0 saturated heterocycles. The second kappa shape index (κ2) is 19.9. The fraction of sp³-hybridized carbons (Fsp3) is 0.590. The van der Waals surface area contributed by atoms with Crippen molar-refractivity contribution in [3.63, 3.8) is 0 Å². The molecule has 2 aromatic carbocycles. The van der Waals surface area contributed by atoms with E-state index in [1.807, 2.05) is 24.3 Å². The van der Waals surface area contributed by atoms with Crippen molar-refractivity contribution in [2.75, 3.05) is 10.7 Å². The van der Waals surface area contributed by atoms with Gasteiger partial charge in [0.25, 0.3) is 5.91 Å². The lowest BCUT2D eigenvalue weighted by molar-refractivity contribution is -0.114. The molecule has 1 aliphatic rings. The number of ether oxygens (including phenoxy) is 1. The standard InChI is InChI=1S/C39H57N3O4/c1-6-7-8-9-10-11-12-13-14-15-18-31-22-24-32(25-23-31)40-38(44)37(30(5)43)42-41-35-20-17-16-19-34(35)39(45)46-36-27-29(4)21-26-33(36)28(2)3/h16-17,19-20,22-25,28-29,33,36,41H,6-15,18,21,26-27H2,1-5H3,(H,40,44)/b42-37-. The molecule has 1 fully saturated rings. The third-order valence-electron chi connectivity index (χ3n) is 9.23. The van der Waals surface area contributed by atoms with E-state index in [2.05, 4.69) is 43.5 Å². The number of anilines is 2. The average molecular weight is 632 g/mol. The van der Waals surface area contributed by atoms with Crippen molar-refractivity contribution in [3.05, 3.63) is 59.7 Å². The summed E-state index contributed by atoms with van der Waals surface area (Å²) in [4.78, 5) is 38.8. The van der Waals surface area contributed by atoms with Crippen molar-refractivity contribution in [3.8, 4) is 0 Å². The summed E-state index contributed by atoms with van der Waals surface area (Å²) >= 11 is 0. The van der Waals surface area contributed by atoms with Gasteiger partial charge >= 0.3 is 5.97 Å². The highest BCUT2D eigenvalue weighted by molar-refractivity contribution is 6.67. The predicted molar refractivity (Wildman–Crippen MR) is 189 cm³/mol. The Kier molecular flexibility index (Phi) is 16.0. The van der Waals surface area contributed by atoms with E-state index < -0.39 is 17.7 Å². The van der Waals surface area contributed by atoms with Crippen LogP contribution in [0.5, 0.6) is 0 Å². The highest BCUT2D eigenvalue weighted by atomic mass is 16.5. The second-order valence-electron chi connectivity index (χ2n) is 13.5. The van der Waals surface area contributed by atoms with Gasteiger partial charge in [-0.05, 0) is 73.3 Å². The van der Waals surface area contributed by atoms with Crippen molar-refractivity contribution in [1.82, 2.24) is 0 Å². The van der Waals surface area contributed by atoms with Crippen LogP contribution in [0.1, 0.15) is 134 Å². The summed E-state index contributed by atoms with van der Waals surface area (Å²) in [5, 5.41) is 6.92. The van der Waals surface area contributed by atoms with Crippen molar-refractivity contribution in [2.45, 2.75) is 131 Å². The number of hydrogen-bond acceptors (Lipinski definition) is 6. The minimum atomic E-state index is -0.613. The van der Waals surface area contributed by atoms with Gasteiger partial charge in [-0.2, -0.15) is 5.10 Å². The molecule has 46 heavy (non-hydrogen) atoms. The van der Waals surface area contributed by atoms with E-state index in [1.54, 1.807) is 24.3 Å². The number of nitrogens with zero attached hydrogens (tertiary/aromatic N) is 1. The fourth-order valence-corrected chi connectivity index (χ4v) is 6.38. The molecule has 7 heteroatoms. The molecule has 252 valence electrons. The summed E-state index contributed by atoms with van der Waals surface area (Å²) in [5.41, 5.74) is 5.02. The quantitative estimate of drug-likeness (QED) is 0.0529. The van der Waals surface area contributed by atoms with Crippen LogP contribution in [0.2, 0.25) is 0 Å². The number of nitrogens with one attached hydrogen (secondary N) is 2. The van der Waals surface area contributed by atoms with Crippen LogP contribution in [0.15, 0.2) is 53.6 Å². The lowest BCUT2D eigenvalue weighted by Gasteiger charge is -2.36. The van der Waals surface area contributed by atoms with Crippen molar-refractivity contribution >= 4 is 34.7 Å². The number of para-hydroxylation sites is 1. The minimum Gasteiger partial charge on any atom is -0.458 e. The molecular formula is C39H57N3O4. The maximum atomic E-state index is 13.3. The maximum absolute atomic E-state index is 13.3. The first-order valence-electron chi connectivity index (χ1n) is 17.7. The van der Waals surface area contributed by atoms with E-state index in [9.17, 15) is 14.4 Å². The van der Waals surface area contributed by atoms with E-state index in [-0.39, 0.29) is 11.8 Å². The molecule has 2 N–H and O–H groups in total. The van der Waals surface area contributed by atoms with Gasteiger partial charge in [-0.25, -0.2) is 4.79 Å². The van der Waals surface area contributed by atoms with Crippen LogP contribution in [0.4, 0.5) is 11.4 Å². The van der Waals surface area contributed by atoms with Gasteiger partial charge in [0, 0.05) is 12.6 Å². The summed E-state index contributed by atoms with van der Waals surface area (Å²) in [5.74, 6) is -0.296. The van der Waals surface area contributed by atoms with Crippen LogP contribution in [0.25, 0.3) is 0 Å². The van der Waals surface area contributed by atoms with E-state index in [4.69, 9.17) is 4.74 Å². The summed E-state index contributed by atoms with van der Waals surface area (Å²) in [7, 11) is 0. The number of unbranched alkanes of at least 4 members (excludes halogenated alkanes) is 9. The first-order chi connectivity index (χ1) is 22.2. The van der Waals surface area contributed by atoms with Crippen LogP contribution < -0.4 is 10.7 Å². The second-order valence-corrected chi connectivity index (χ2v) is 13.5. The number of hydrazone groups is 1. The SMILES string of the molecule is CCCCCCCCCCCCc1ccc(NC(=O)/C(=N\Nc2ccccc2C(=O)OC2CC(C)CCC2C(C)C)C(C)=O)cc1.